The average molecular weight is 433 g/mol. The summed E-state index contributed by atoms with van der Waals surface area (Å²) in [6.45, 7) is 1.24. The van der Waals surface area contributed by atoms with Crippen molar-refractivity contribution in [2.24, 2.45) is 0 Å². The summed E-state index contributed by atoms with van der Waals surface area (Å²) < 4.78 is 0. The van der Waals surface area contributed by atoms with E-state index in [4.69, 9.17) is 0 Å². The Balaban J connectivity index is 1.43. The molecular formula is C22H19N5O3S. The van der Waals surface area contributed by atoms with Gasteiger partial charge in [-0.15, -0.1) is 0 Å². The molecule has 3 aromatic rings. The molecule has 31 heavy (non-hydrogen) atoms. The molecule has 2 aromatic heterocycles. The minimum atomic E-state index is -1.21. The van der Waals surface area contributed by atoms with Crippen LogP contribution in [0, 0.1) is 0 Å². The van der Waals surface area contributed by atoms with Crippen LogP contribution in [0.3, 0.4) is 0 Å². The van der Waals surface area contributed by atoms with Crippen LogP contribution in [0.2, 0.25) is 0 Å². The van der Waals surface area contributed by atoms with Gasteiger partial charge in [0.2, 0.25) is 5.91 Å². The van der Waals surface area contributed by atoms with Crippen molar-refractivity contribution in [3.8, 4) is 0 Å². The zero-order valence-electron chi connectivity index (χ0n) is 16.6. The van der Waals surface area contributed by atoms with Crippen molar-refractivity contribution in [3.63, 3.8) is 0 Å². The van der Waals surface area contributed by atoms with Gasteiger partial charge in [0.1, 0.15) is 22.1 Å². The number of nitrogens with zero attached hydrogens (tertiary/aromatic N) is 3. The highest BCUT2D eigenvalue weighted by Gasteiger charge is 2.49. The molecule has 0 aliphatic carbocycles. The fourth-order valence-electron chi connectivity index (χ4n) is 3.21. The minimum absolute atomic E-state index is 0.391. The second-order valence-corrected chi connectivity index (χ2v) is 8.05. The number of pyridine rings is 2. The molecule has 1 fully saturated rings. The Bertz CT molecular complexity index is 1130. The van der Waals surface area contributed by atoms with Gasteiger partial charge in [-0.1, -0.05) is 48.2 Å². The molecule has 3 heterocycles. The second kappa shape index (κ2) is 8.57. The van der Waals surface area contributed by atoms with E-state index in [1.807, 2.05) is 24.3 Å². The van der Waals surface area contributed by atoms with E-state index in [1.54, 1.807) is 55.7 Å². The number of carbonyl (C=O) groups excluding carboxylic acids is 3. The molecule has 0 spiro atoms. The first-order valence-electron chi connectivity index (χ1n) is 9.50. The largest absolute Gasteiger partial charge is 0.325 e. The van der Waals surface area contributed by atoms with Crippen LogP contribution < -0.4 is 10.6 Å². The molecule has 4 amide bonds. The Labute approximate surface area is 183 Å². The topological polar surface area (TPSA) is 104 Å². The third-order valence-electron chi connectivity index (χ3n) is 4.79. The van der Waals surface area contributed by atoms with Crippen LogP contribution in [-0.2, 0) is 15.1 Å². The number of nitrogens with one attached hydrogen (secondary N) is 2. The van der Waals surface area contributed by atoms with E-state index >= 15 is 0 Å². The zero-order chi connectivity index (χ0) is 21.8. The summed E-state index contributed by atoms with van der Waals surface area (Å²) in [4.78, 5) is 47.3. The van der Waals surface area contributed by atoms with Crippen LogP contribution >= 0.6 is 11.8 Å². The molecule has 0 saturated carbocycles. The molecule has 0 bridgehead atoms. The Morgan fingerprint density at radius 3 is 2.52 bits per heavy atom. The number of imide groups is 1. The molecule has 0 radical (unpaired) electrons. The molecule has 1 atom stereocenters. The van der Waals surface area contributed by atoms with Gasteiger partial charge < -0.3 is 10.6 Å². The smallest absolute Gasteiger partial charge is 0.324 e. The zero-order valence-corrected chi connectivity index (χ0v) is 17.4. The SMILES string of the molecule is CC1(c2ccccc2)NC(=O)N(CC(=O)Nc2ccnc(Sc3ccccn3)c2)C1=O. The first-order chi connectivity index (χ1) is 15.0. The predicted octanol–water partition coefficient (Wildman–Crippen LogP) is 3.03. The van der Waals surface area contributed by atoms with Crippen LogP contribution in [0.5, 0.6) is 0 Å². The molecule has 1 aliphatic rings. The standard InChI is InChI=1S/C22H19N5O3S/c1-22(15-7-3-2-4-8-15)20(29)27(21(30)26-22)14-17(28)25-16-10-12-24-19(13-16)31-18-9-5-6-11-23-18/h2-13H,14H2,1H3,(H,26,30)(H,24,25,28). The van der Waals surface area contributed by atoms with E-state index in [0.29, 0.717) is 16.3 Å². The number of carbonyl (C=O) groups is 3. The van der Waals surface area contributed by atoms with Gasteiger partial charge in [-0.05, 0) is 36.8 Å². The number of hydrogen-bond acceptors (Lipinski definition) is 6. The number of urea groups is 1. The summed E-state index contributed by atoms with van der Waals surface area (Å²) in [5.74, 6) is -0.958. The Hall–Kier alpha value is -3.72. The molecule has 1 unspecified atom stereocenters. The molecule has 4 rings (SSSR count). The third kappa shape index (κ3) is 4.41. The number of benzene rings is 1. The van der Waals surface area contributed by atoms with Gasteiger partial charge in [-0.3, -0.25) is 14.5 Å². The predicted molar refractivity (Wildman–Crippen MR) is 115 cm³/mol. The average Bonchev–Trinajstić information content (AvgIpc) is 2.99. The number of hydrogen-bond donors (Lipinski definition) is 2. The first-order valence-corrected chi connectivity index (χ1v) is 10.3. The molecule has 1 aromatic carbocycles. The monoisotopic (exact) mass is 433 g/mol. The quantitative estimate of drug-likeness (QED) is 0.579. The Morgan fingerprint density at radius 1 is 1.03 bits per heavy atom. The van der Waals surface area contributed by atoms with E-state index in [1.165, 1.54) is 11.8 Å². The maximum Gasteiger partial charge on any atom is 0.325 e. The number of aromatic nitrogens is 2. The van der Waals surface area contributed by atoms with E-state index in [0.717, 1.165) is 9.93 Å². The van der Waals surface area contributed by atoms with Crippen molar-refractivity contribution in [2.45, 2.75) is 22.5 Å². The minimum Gasteiger partial charge on any atom is -0.324 e. The van der Waals surface area contributed by atoms with Crippen molar-refractivity contribution >= 4 is 35.3 Å². The van der Waals surface area contributed by atoms with Crippen molar-refractivity contribution in [2.75, 3.05) is 11.9 Å². The molecule has 1 saturated heterocycles. The van der Waals surface area contributed by atoms with Crippen LogP contribution in [-0.4, -0.2) is 39.3 Å². The van der Waals surface area contributed by atoms with Crippen LogP contribution in [0.1, 0.15) is 12.5 Å². The fraction of sp³-hybridized carbons (Fsp3) is 0.136. The maximum atomic E-state index is 12.9. The van der Waals surface area contributed by atoms with Crippen molar-refractivity contribution in [1.29, 1.82) is 0 Å². The number of amides is 4. The number of anilines is 1. The number of rotatable bonds is 6. The van der Waals surface area contributed by atoms with Gasteiger partial charge in [0.05, 0.1) is 0 Å². The van der Waals surface area contributed by atoms with E-state index < -0.39 is 29.9 Å². The highest BCUT2D eigenvalue weighted by molar-refractivity contribution is 7.99. The van der Waals surface area contributed by atoms with Crippen LogP contribution in [0.4, 0.5) is 10.5 Å². The van der Waals surface area contributed by atoms with Gasteiger partial charge in [0.15, 0.2) is 0 Å². The van der Waals surface area contributed by atoms with Gasteiger partial charge >= 0.3 is 6.03 Å². The van der Waals surface area contributed by atoms with E-state index in [9.17, 15) is 14.4 Å². The highest BCUT2D eigenvalue weighted by Crippen LogP contribution is 2.29. The van der Waals surface area contributed by atoms with Crippen molar-refractivity contribution in [3.05, 3.63) is 78.6 Å². The summed E-state index contributed by atoms with van der Waals surface area (Å²) in [6, 6.07) is 17.2. The van der Waals surface area contributed by atoms with Gasteiger partial charge in [-0.2, -0.15) is 0 Å². The fourth-order valence-corrected chi connectivity index (χ4v) is 3.98. The molecule has 156 valence electrons. The summed E-state index contributed by atoms with van der Waals surface area (Å²) >= 11 is 1.36. The summed E-state index contributed by atoms with van der Waals surface area (Å²) in [7, 11) is 0. The lowest BCUT2D eigenvalue weighted by Crippen LogP contribution is -2.42. The Morgan fingerprint density at radius 2 is 1.77 bits per heavy atom. The molecule has 9 heteroatoms. The van der Waals surface area contributed by atoms with E-state index in [-0.39, 0.29) is 0 Å². The second-order valence-electron chi connectivity index (χ2n) is 7.01. The lowest BCUT2D eigenvalue weighted by molar-refractivity contribution is -0.133. The lowest BCUT2D eigenvalue weighted by atomic mass is 9.92. The van der Waals surface area contributed by atoms with Gasteiger partial charge in [0, 0.05) is 18.1 Å². The summed E-state index contributed by atoms with van der Waals surface area (Å²) in [6.07, 6.45) is 3.26. The lowest BCUT2D eigenvalue weighted by Gasteiger charge is -2.22. The summed E-state index contributed by atoms with van der Waals surface area (Å²) in [5, 5.41) is 6.84. The first kappa shape index (κ1) is 20.5. The van der Waals surface area contributed by atoms with E-state index in [2.05, 4.69) is 20.6 Å². The van der Waals surface area contributed by atoms with Crippen LogP contribution in [0.25, 0.3) is 0 Å². The van der Waals surface area contributed by atoms with Gasteiger partial charge in [-0.25, -0.2) is 14.8 Å². The molecule has 2 N–H and O–H groups in total. The van der Waals surface area contributed by atoms with Crippen molar-refractivity contribution in [1.82, 2.24) is 20.2 Å². The van der Waals surface area contributed by atoms with Gasteiger partial charge in [0.25, 0.3) is 5.91 Å². The van der Waals surface area contributed by atoms with Crippen LogP contribution in [0.15, 0.2) is 83.1 Å². The molecular weight excluding hydrogens is 414 g/mol. The third-order valence-corrected chi connectivity index (χ3v) is 5.68. The summed E-state index contributed by atoms with van der Waals surface area (Å²) in [5.41, 5.74) is -0.0419. The Kier molecular flexibility index (Phi) is 5.68. The maximum absolute atomic E-state index is 12.9. The molecule has 8 nitrogen and oxygen atoms in total. The highest BCUT2D eigenvalue weighted by atomic mass is 32.2. The molecule has 1 aliphatic heterocycles. The normalized spacial score (nSPS) is 18.0. The van der Waals surface area contributed by atoms with Crippen molar-refractivity contribution < 1.29 is 14.4 Å².